The van der Waals surface area contributed by atoms with Crippen molar-refractivity contribution in [3.63, 3.8) is 0 Å². The van der Waals surface area contributed by atoms with Crippen molar-refractivity contribution in [2.75, 3.05) is 7.11 Å². The van der Waals surface area contributed by atoms with Gasteiger partial charge in [-0.25, -0.2) is 14.4 Å². The second kappa shape index (κ2) is 10.4. The Balaban J connectivity index is 2.29. The standard InChI is InChI=1S/C22H24N2O9/c1-22(2,3)33-21(28)23-15(19(25)26)11-13-9-10-18(16(12-13)24(29)30)32-17-8-6-5-7-14(17)20(27)31-4/h5-10,12,15H,11H2,1-4H3,(H,23,28)(H,25,26). The molecular formula is C22H24N2O9. The molecule has 11 heteroatoms. The van der Waals surface area contributed by atoms with Crippen LogP contribution in [0.15, 0.2) is 42.5 Å². The van der Waals surface area contributed by atoms with Crippen LogP contribution < -0.4 is 10.1 Å². The number of nitrogens with zero attached hydrogens (tertiary/aromatic N) is 1. The van der Waals surface area contributed by atoms with E-state index < -0.39 is 40.3 Å². The van der Waals surface area contributed by atoms with E-state index >= 15 is 0 Å². The highest BCUT2D eigenvalue weighted by molar-refractivity contribution is 5.92. The summed E-state index contributed by atoms with van der Waals surface area (Å²) < 4.78 is 15.4. The molecule has 0 radical (unpaired) electrons. The Bertz CT molecular complexity index is 1060. The molecule has 0 aliphatic heterocycles. The van der Waals surface area contributed by atoms with Crippen LogP contribution in [0.25, 0.3) is 0 Å². The molecule has 2 rings (SSSR count). The Morgan fingerprint density at radius 3 is 2.36 bits per heavy atom. The maximum absolute atomic E-state index is 11.9. The van der Waals surface area contributed by atoms with Crippen LogP contribution in [0.3, 0.4) is 0 Å². The second-order valence-corrected chi connectivity index (χ2v) is 7.89. The van der Waals surface area contributed by atoms with E-state index in [1.807, 2.05) is 0 Å². The van der Waals surface area contributed by atoms with E-state index in [-0.39, 0.29) is 29.0 Å². The molecule has 2 aromatic carbocycles. The minimum absolute atomic E-state index is 0.0511. The molecule has 0 bridgehead atoms. The molecule has 1 amide bonds. The molecule has 2 aromatic rings. The number of ether oxygens (including phenoxy) is 3. The SMILES string of the molecule is COC(=O)c1ccccc1Oc1ccc(CC(NC(=O)OC(C)(C)C)C(=O)O)cc1[N+](=O)[O-]. The summed E-state index contributed by atoms with van der Waals surface area (Å²) in [7, 11) is 1.19. The third kappa shape index (κ3) is 7.20. The second-order valence-electron chi connectivity index (χ2n) is 7.89. The lowest BCUT2D eigenvalue weighted by atomic mass is 10.0. The number of methoxy groups -OCH3 is 1. The van der Waals surface area contributed by atoms with E-state index in [1.54, 1.807) is 32.9 Å². The molecule has 0 heterocycles. The molecule has 0 aliphatic carbocycles. The highest BCUT2D eigenvalue weighted by atomic mass is 16.6. The van der Waals surface area contributed by atoms with Crippen molar-refractivity contribution in [2.45, 2.75) is 38.8 Å². The molecule has 0 fully saturated rings. The largest absolute Gasteiger partial charge is 0.480 e. The van der Waals surface area contributed by atoms with Gasteiger partial charge in [0.2, 0.25) is 5.75 Å². The molecule has 0 aliphatic rings. The van der Waals surface area contributed by atoms with E-state index in [0.29, 0.717) is 0 Å². The highest BCUT2D eigenvalue weighted by Crippen LogP contribution is 2.34. The molecule has 2 N–H and O–H groups in total. The highest BCUT2D eigenvalue weighted by Gasteiger charge is 2.26. The Morgan fingerprint density at radius 2 is 1.79 bits per heavy atom. The maximum Gasteiger partial charge on any atom is 0.408 e. The van der Waals surface area contributed by atoms with Gasteiger partial charge in [0.1, 0.15) is 23.0 Å². The predicted molar refractivity (Wildman–Crippen MR) is 115 cm³/mol. The summed E-state index contributed by atoms with van der Waals surface area (Å²) in [6.07, 6.45) is -1.17. The van der Waals surface area contributed by atoms with Gasteiger partial charge >= 0.3 is 23.7 Å². The Hall–Kier alpha value is -4.15. The van der Waals surface area contributed by atoms with Gasteiger partial charge in [-0.1, -0.05) is 18.2 Å². The zero-order chi connectivity index (χ0) is 24.8. The van der Waals surface area contributed by atoms with Crippen LogP contribution in [-0.2, 0) is 20.7 Å². The van der Waals surface area contributed by atoms with E-state index in [0.717, 1.165) is 6.07 Å². The number of para-hydroxylation sites is 1. The van der Waals surface area contributed by atoms with Crippen molar-refractivity contribution < 1.29 is 38.6 Å². The third-order valence-electron chi connectivity index (χ3n) is 4.16. The average Bonchev–Trinajstić information content (AvgIpc) is 2.72. The van der Waals surface area contributed by atoms with Gasteiger partial charge in [-0.3, -0.25) is 10.1 Å². The number of benzene rings is 2. The molecule has 176 valence electrons. The minimum atomic E-state index is -1.38. The first kappa shape index (κ1) is 25.1. The van der Waals surface area contributed by atoms with Gasteiger partial charge in [0.25, 0.3) is 0 Å². The zero-order valence-electron chi connectivity index (χ0n) is 18.5. The first-order chi connectivity index (χ1) is 15.4. The predicted octanol–water partition coefficient (Wildman–Crippen LogP) is 3.69. The number of nitro groups is 1. The van der Waals surface area contributed by atoms with Crippen LogP contribution >= 0.6 is 0 Å². The number of nitro benzene ring substituents is 1. The molecule has 33 heavy (non-hydrogen) atoms. The summed E-state index contributed by atoms with van der Waals surface area (Å²) in [5, 5.41) is 23.3. The average molecular weight is 460 g/mol. The van der Waals surface area contributed by atoms with E-state index in [1.165, 1.54) is 31.4 Å². The van der Waals surface area contributed by atoms with Crippen LogP contribution in [0.2, 0.25) is 0 Å². The number of alkyl carbamates (subject to hydrolysis) is 1. The number of rotatable bonds is 8. The number of amides is 1. The molecule has 11 nitrogen and oxygen atoms in total. The van der Waals surface area contributed by atoms with Crippen molar-refractivity contribution >= 4 is 23.7 Å². The Kier molecular flexibility index (Phi) is 7.95. The fourth-order valence-electron chi connectivity index (χ4n) is 2.76. The van der Waals surface area contributed by atoms with Gasteiger partial charge in [-0.15, -0.1) is 0 Å². The third-order valence-corrected chi connectivity index (χ3v) is 4.16. The molecule has 0 spiro atoms. The lowest BCUT2D eigenvalue weighted by molar-refractivity contribution is -0.385. The van der Waals surface area contributed by atoms with Gasteiger partial charge < -0.3 is 24.6 Å². The number of carboxylic acids is 1. The molecule has 1 atom stereocenters. The molecule has 0 saturated carbocycles. The number of carbonyl (C=O) groups excluding carboxylic acids is 2. The van der Waals surface area contributed by atoms with Crippen LogP contribution in [0.5, 0.6) is 11.5 Å². The van der Waals surface area contributed by atoms with Crippen LogP contribution in [0, 0.1) is 10.1 Å². The maximum atomic E-state index is 11.9. The van der Waals surface area contributed by atoms with Crippen LogP contribution in [0.4, 0.5) is 10.5 Å². The molecular weight excluding hydrogens is 436 g/mol. The van der Waals surface area contributed by atoms with Crippen LogP contribution in [-0.4, -0.2) is 46.8 Å². The summed E-state index contributed by atoms with van der Waals surface area (Å²) in [4.78, 5) is 46.4. The summed E-state index contributed by atoms with van der Waals surface area (Å²) in [5.41, 5.74) is -0.941. The van der Waals surface area contributed by atoms with Crippen molar-refractivity contribution in [2.24, 2.45) is 0 Å². The quantitative estimate of drug-likeness (QED) is 0.341. The van der Waals surface area contributed by atoms with Gasteiger partial charge in [0.05, 0.1) is 12.0 Å². The summed E-state index contributed by atoms with van der Waals surface area (Å²) in [6, 6.07) is 8.54. The number of carbonyl (C=O) groups is 3. The van der Waals surface area contributed by atoms with Gasteiger partial charge in [0.15, 0.2) is 0 Å². The van der Waals surface area contributed by atoms with Gasteiger partial charge in [-0.2, -0.15) is 0 Å². The van der Waals surface area contributed by atoms with Crippen LogP contribution in [0.1, 0.15) is 36.7 Å². The number of hydrogen-bond donors (Lipinski definition) is 2. The smallest absolute Gasteiger partial charge is 0.408 e. The molecule has 0 saturated heterocycles. The molecule has 0 aromatic heterocycles. The van der Waals surface area contributed by atoms with Gasteiger partial charge in [-0.05, 0) is 44.5 Å². The monoisotopic (exact) mass is 460 g/mol. The lowest BCUT2D eigenvalue weighted by Gasteiger charge is -2.22. The van der Waals surface area contributed by atoms with E-state index in [4.69, 9.17) is 9.47 Å². The number of esters is 1. The van der Waals surface area contributed by atoms with Crippen molar-refractivity contribution in [1.82, 2.24) is 5.32 Å². The normalized spacial score (nSPS) is 11.8. The number of nitrogens with one attached hydrogen (secondary N) is 1. The van der Waals surface area contributed by atoms with Crippen molar-refractivity contribution in [3.8, 4) is 11.5 Å². The summed E-state index contributed by atoms with van der Waals surface area (Å²) >= 11 is 0. The number of aliphatic carboxylic acids is 1. The van der Waals surface area contributed by atoms with E-state index in [9.17, 15) is 29.6 Å². The summed E-state index contributed by atoms with van der Waals surface area (Å²) in [6.45, 7) is 4.88. The topological polar surface area (TPSA) is 154 Å². The Morgan fingerprint density at radius 1 is 1.12 bits per heavy atom. The minimum Gasteiger partial charge on any atom is -0.480 e. The van der Waals surface area contributed by atoms with Gasteiger partial charge in [0, 0.05) is 12.5 Å². The number of carboxylic acid groups (broad SMARTS) is 1. The first-order valence-corrected chi connectivity index (χ1v) is 9.76. The number of hydrogen-bond acceptors (Lipinski definition) is 8. The zero-order valence-corrected chi connectivity index (χ0v) is 18.5. The Labute approximate surface area is 189 Å². The fourth-order valence-corrected chi connectivity index (χ4v) is 2.76. The van der Waals surface area contributed by atoms with Crippen molar-refractivity contribution in [1.29, 1.82) is 0 Å². The molecule has 1 unspecified atom stereocenters. The van der Waals surface area contributed by atoms with E-state index in [2.05, 4.69) is 10.1 Å². The van der Waals surface area contributed by atoms with Crippen molar-refractivity contribution in [3.05, 3.63) is 63.7 Å². The fraction of sp³-hybridized carbons (Fsp3) is 0.318. The lowest BCUT2D eigenvalue weighted by Crippen LogP contribution is -2.44. The first-order valence-electron chi connectivity index (χ1n) is 9.76. The summed E-state index contributed by atoms with van der Waals surface area (Å²) in [5.74, 6) is -2.12.